The van der Waals surface area contributed by atoms with Gasteiger partial charge in [0.1, 0.15) is 5.69 Å². The average molecular weight is 334 g/mol. The summed E-state index contributed by atoms with van der Waals surface area (Å²) in [6, 6.07) is 0.323. The lowest BCUT2D eigenvalue weighted by Gasteiger charge is -2.21. The summed E-state index contributed by atoms with van der Waals surface area (Å²) in [5, 5.41) is 0. The number of nitrogens with two attached hydrogens (primary N) is 1. The minimum absolute atomic E-state index is 0.323. The van der Waals surface area contributed by atoms with E-state index in [0.29, 0.717) is 41.6 Å². The summed E-state index contributed by atoms with van der Waals surface area (Å²) in [6.45, 7) is 4.58. The van der Waals surface area contributed by atoms with E-state index in [9.17, 15) is 0 Å². The van der Waals surface area contributed by atoms with E-state index in [1.165, 1.54) is 32.1 Å². The van der Waals surface area contributed by atoms with Crippen molar-refractivity contribution in [2.45, 2.75) is 65.2 Å². The van der Waals surface area contributed by atoms with Crippen molar-refractivity contribution in [2.75, 3.05) is 19.5 Å². The molecule has 0 amide bonds. The first-order chi connectivity index (χ1) is 11.6. The first-order valence-electron chi connectivity index (χ1n) is 9.02. The molecule has 0 saturated heterocycles. The lowest BCUT2D eigenvalue weighted by Crippen LogP contribution is -2.13. The van der Waals surface area contributed by atoms with E-state index >= 15 is 0 Å². The maximum Gasteiger partial charge on any atom is 0.318 e. The first kappa shape index (κ1) is 18.5. The molecular weight excluding hydrogens is 304 g/mol. The van der Waals surface area contributed by atoms with E-state index in [-0.39, 0.29) is 0 Å². The fourth-order valence-corrected chi connectivity index (χ4v) is 3.01. The number of aromatic nitrogens is 2. The molecule has 1 heterocycles. The van der Waals surface area contributed by atoms with Crippen LogP contribution in [0.15, 0.2) is 4.99 Å². The van der Waals surface area contributed by atoms with Crippen LogP contribution in [-0.2, 0) is 4.74 Å². The maximum atomic E-state index is 6.07. The van der Waals surface area contributed by atoms with Crippen molar-refractivity contribution in [3.8, 4) is 6.01 Å². The van der Waals surface area contributed by atoms with Gasteiger partial charge in [-0.2, -0.15) is 9.97 Å². The van der Waals surface area contributed by atoms with Gasteiger partial charge in [-0.05, 0) is 32.1 Å². The third-order valence-corrected chi connectivity index (χ3v) is 4.45. The number of hydrogen-bond donors (Lipinski definition) is 1. The number of ether oxygens (including phenoxy) is 2. The predicted octanol–water partition coefficient (Wildman–Crippen LogP) is 4.19. The molecule has 0 atom stereocenters. The van der Waals surface area contributed by atoms with Crippen LogP contribution in [0.5, 0.6) is 6.01 Å². The molecule has 1 aliphatic rings. The van der Waals surface area contributed by atoms with Gasteiger partial charge in [0.15, 0.2) is 11.7 Å². The van der Waals surface area contributed by atoms with Gasteiger partial charge in [0.2, 0.25) is 0 Å². The van der Waals surface area contributed by atoms with Crippen molar-refractivity contribution in [1.82, 2.24) is 9.97 Å². The Bertz CT molecular complexity index is 531. The van der Waals surface area contributed by atoms with Crippen molar-refractivity contribution in [1.29, 1.82) is 0 Å². The Labute approximate surface area is 144 Å². The SMILES string of the molecule is CCCCOc1nc(C)c(N=C(CC2CCCCC2)OC)c(N)n1. The molecule has 0 aliphatic heterocycles. The number of methoxy groups -OCH3 is 1. The van der Waals surface area contributed by atoms with Crippen LogP contribution < -0.4 is 10.5 Å². The Morgan fingerprint density at radius 2 is 2.00 bits per heavy atom. The molecule has 0 spiro atoms. The minimum atomic E-state index is 0.323. The van der Waals surface area contributed by atoms with E-state index in [0.717, 1.165) is 19.3 Å². The lowest BCUT2D eigenvalue weighted by molar-refractivity contribution is 0.285. The lowest BCUT2D eigenvalue weighted by atomic mass is 9.87. The fraction of sp³-hybridized carbons (Fsp3) is 0.722. The van der Waals surface area contributed by atoms with Gasteiger partial charge in [-0.1, -0.05) is 32.6 Å². The number of rotatable bonds is 7. The molecule has 0 unspecified atom stereocenters. The van der Waals surface area contributed by atoms with Crippen LogP contribution in [-0.4, -0.2) is 29.6 Å². The molecule has 6 nitrogen and oxygen atoms in total. The molecular formula is C18H30N4O2. The second kappa shape index (κ2) is 9.45. The third kappa shape index (κ3) is 5.35. The molecule has 0 bridgehead atoms. The summed E-state index contributed by atoms with van der Waals surface area (Å²) in [5.74, 6) is 1.70. The Hall–Kier alpha value is -1.85. The summed E-state index contributed by atoms with van der Waals surface area (Å²) in [6.07, 6.45) is 9.33. The van der Waals surface area contributed by atoms with Crippen LogP contribution in [0.4, 0.5) is 11.5 Å². The zero-order valence-corrected chi connectivity index (χ0v) is 15.2. The zero-order valence-electron chi connectivity index (χ0n) is 15.2. The van der Waals surface area contributed by atoms with Gasteiger partial charge >= 0.3 is 6.01 Å². The summed E-state index contributed by atoms with van der Waals surface area (Å²) in [7, 11) is 1.66. The zero-order chi connectivity index (χ0) is 17.4. The summed E-state index contributed by atoms with van der Waals surface area (Å²) in [5.41, 5.74) is 7.37. The van der Waals surface area contributed by atoms with Crippen molar-refractivity contribution in [3.63, 3.8) is 0 Å². The number of aliphatic imine (C=N–C) groups is 1. The van der Waals surface area contributed by atoms with Crippen LogP contribution >= 0.6 is 0 Å². The highest BCUT2D eigenvalue weighted by Crippen LogP contribution is 2.30. The molecule has 1 fully saturated rings. The highest BCUT2D eigenvalue weighted by molar-refractivity contribution is 5.81. The normalized spacial score (nSPS) is 16.2. The monoisotopic (exact) mass is 334 g/mol. The number of unbranched alkanes of at least 4 members (excludes halogenated alkanes) is 1. The van der Waals surface area contributed by atoms with Gasteiger partial charge < -0.3 is 15.2 Å². The van der Waals surface area contributed by atoms with Gasteiger partial charge in [-0.25, -0.2) is 4.99 Å². The predicted molar refractivity (Wildman–Crippen MR) is 96.9 cm³/mol. The summed E-state index contributed by atoms with van der Waals surface area (Å²) < 4.78 is 11.0. The first-order valence-corrected chi connectivity index (χ1v) is 9.02. The Morgan fingerprint density at radius 3 is 2.62 bits per heavy atom. The molecule has 1 aliphatic carbocycles. The Morgan fingerprint density at radius 1 is 1.25 bits per heavy atom. The van der Waals surface area contributed by atoms with Crippen LogP contribution in [0.1, 0.15) is 64.0 Å². The largest absolute Gasteiger partial charge is 0.484 e. The molecule has 2 rings (SSSR count). The molecule has 24 heavy (non-hydrogen) atoms. The molecule has 1 aromatic rings. The van der Waals surface area contributed by atoms with E-state index in [4.69, 9.17) is 15.2 Å². The average Bonchev–Trinajstić information content (AvgIpc) is 2.58. The van der Waals surface area contributed by atoms with Gasteiger partial charge in [0.05, 0.1) is 19.4 Å². The highest BCUT2D eigenvalue weighted by Gasteiger charge is 2.18. The number of hydrogen-bond acceptors (Lipinski definition) is 6. The van der Waals surface area contributed by atoms with Gasteiger partial charge in [0.25, 0.3) is 0 Å². The van der Waals surface area contributed by atoms with Crippen LogP contribution in [0.3, 0.4) is 0 Å². The molecule has 6 heteroatoms. The van der Waals surface area contributed by atoms with E-state index < -0.39 is 0 Å². The second-order valence-electron chi connectivity index (χ2n) is 6.45. The Kier molecular flexibility index (Phi) is 7.28. The molecule has 2 N–H and O–H groups in total. The minimum Gasteiger partial charge on any atom is -0.484 e. The molecule has 1 saturated carbocycles. The number of nitrogens with zero attached hydrogens (tertiary/aromatic N) is 3. The third-order valence-electron chi connectivity index (χ3n) is 4.45. The van der Waals surface area contributed by atoms with E-state index in [1.807, 2.05) is 6.92 Å². The molecule has 0 aromatic carbocycles. The molecule has 1 aromatic heterocycles. The Balaban J connectivity index is 2.10. The smallest absolute Gasteiger partial charge is 0.318 e. The highest BCUT2D eigenvalue weighted by atomic mass is 16.5. The van der Waals surface area contributed by atoms with Crippen molar-refractivity contribution in [3.05, 3.63) is 5.69 Å². The summed E-state index contributed by atoms with van der Waals surface area (Å²) >= 11 is 0. The van der Waals surface area contributed by atoms with Crippen molar-refractivity contribution < 1.29 is 9.47 Å². The van der Waals surface area contributed by atoms with Gasteiger partial charge in [-0.3, -0.25) is 0 Å². The fourth-order valence-electron chi connectivity index (χ4n) is 3.01. The van der Waals surface area contributed by atoms with Gasteiger partial charge in [-0.15, -0.1) is 0 Å². The number of anilines is 1. The van der Waals surface area contributed by atoms with Crippen LogP contribution in [0.2, 0.25) is 0 Å². The van der Waals surface area contributed by atoms with Crippen LogP contribution in [0, 0.1) is 12.8 Å². The molecule has 0 radical (unpaired) electrons. The van der Waals surface area contributed by atoms with E-state index in [2.05, 4.69) is 21.9 Å². The molecule has 134 valence electrons. The number of nitrogen functional groups attached to an aromatic ring is 1. The van der Waals surface area contributed by atoms with E-state index in [1.54, 1.807) is 7.11 Å². The summed E-state index contributed by atoms with van der Waals surface area (Å²) in [4.78, 5) is 13.2. The van der Waals surface area contributed by atoms with Crippen molar-refractivity contribution in [2.24, 2.45) is 10.9 Å². The second-order valence-corrected chi connectivity index (χ2v) is 6.45. The topological polar surface area (TPSA) is 82.6 Å². The van der Waals surface area contributed by atoms with Crippen molar-refractivity contribution >= 4 is 17.4 Å². The standard InChI is InChI=1S/C18H30N4O2/c1-4-5-11-24-18-20-13(2)16(17(19)22-18)21-15(23-3)12-14-9-7-6-8-10-14/h14H,4-12H2,1-3H3,(H2,19,20,22). The van der Waals surface area contributed by atoms with Gasteiger partial charge in [0, 0.05) is 6.42 Å². The number of aryl methyl sites for hydroxylation is 1. The maximum absolute atomic E-state index is 6.07. The quantitative estimate of drug-likeness (QED) is 0.459. The van der Waals surface area contributed by atoms with Crippen LogP contribution in [0.25, 0.3) is 0 Å².